The summed E-state index contributed by atoms with van der Waals surface area (Å²) in [5, 5.41) is 4.99. The van der Waals surface area contributed by atoms with Gasteiger partial charge in [-0.1, -0.05) is 24.3 Å². The van der Waals surface area contributed by atoms with E-state index in [0.717, 1.165) is 48.3 Å². The molecule has 0 saturated carbocycles. The second kappa shape index (κ2) is 7.30. The Morgan fingerprint density at radius 3 is 2.60 bits per heavy atom. The molecule has 30 heavy (non-hydrogen) atoms. The van der Waals surface area contributed by atoms with Crippen LogP contribution in [0.4, 0.5) is 5.82 Å². The van der Waals surface area contributed by atoms with Crippen LogP contribution in [0.3, 0.4) is 0 Å². The van der Waals surface area contributed by atoms with Gasteiger partial charge in [0.05, 0.1) is 23.0 Å². The van der Waals surface area contributed by atoms with Crippen LogP contribution >= 0.6 is 0 Å². The van der Waals surface area contributed by atoms with Gasteiger partial charge in [0.25, 0.3) is 10.0 Å². The lowest BCUT2D eigenvalue weighted by molar-refractivity contribution is 0.413. The lowest BCUT2D eigenvalue weighted by Gasteiger charge is -2.29. The van der Waals surface area contributed by atoms with Crippen LogP contribution in [0.25, 0.3) is 21.8 Å². The number of para-hydroxylation sites is 1. The second-order valence-electron chi connectivity index (χ2n) is 7.25. The molecule has 4 aromatic rings. The predicted molar refractivity (Wildman–Crippen MR) is 118 cm³/mol. The van der Waals surface area contributed by atoms with Gasteiger partial charge in [0.15, 0.2) is 0 Å². The van der Waals surface area contributed by atoms with Gasteiger partial charge in [-0.25, -0.2) is 17.4 Å². The van der Waals surface area contributed by atoms with Crippen molar-refractivity contribution >= 4 is 37.6 Å². The zero-order chi connectivity index (χ0) is 20.7. The number of ether oxygens (including phenoxy) is 1. The summed E-state index contributed by atoms with van der Waals surface area (Å²) < 4.78 is 33.7. The zero-order valence-electron chi connectivity index (χ0n) is 16.6. The van der Waals surface area contributed by atoms with E-state index in [1.165, 1.54) is 11.1 Å². The van der Waals surface area contributed by atoms with E-state index in [1.54, 1.807) is 30.5 Å². The monoisotopic (exact) mass is 422 g/mol. The lowest BCUT2D eigenvalue weighted by Crippen LogP contribution is -2.44. The molecule has 0 spiro atoms. The number of nitrogens with zero attached hydrogens (tertiary/aromatic N) is 3. The van der Waals surface area contributed by atoms with Gasteiger partial charge in [0.2, 0.25) is 0 Å². The molecule has 0 bridgehead atoms. The van der Waals surface area contributed by atoms with E-state index in [0.29, 0.717) is 11.3 Å². The Morgan fingerprint density at radius 2 is 1.80 bits per heavy atom. The Balaban J connectivity index is 1.78. The van der Waals surface area contributed by atoms with Crippen LogP contribution in [0.15, 0.2) is 65.7 Å². The number of aromatic nitrogens is 2. The van der Waals surface area contributed by atoms with Crippen molar-refractivity contribution in [2.45, 2.75) is 4.90 Å². The number of hydrogen-bond donors (Lipinski definition) is 1. The van der Waals surface area contributed by atoms with Crippen LogP contribution in [-0.4, -0.2) is 50.7 Å². The minimum atomic E-state index is -3.82. The van der Waals surface area contributed by atoms with Gasteiger partial charge in [0.1, 0.15) is 11.6 Å². The molecule has 1 fully saturated rings. The minimum absolute atomic E-state index is 0.184. The Bertz CT molecular complexity index is 1340. The summed E-state index contributed by atoms with van der Waals surface area (Å²) in [5.41, 5.74) is 1.43. The van der Waals surface area contributed by atoms with Gasteiger partial charge in [-0.2, -0.15) is 0 Å². The van der Waals surface area contributed by atoms with Crippen LogP contribution in [-0.2, 0) is 10.0 Å². The molecule has 1 aliphatic heterocycles. The third-order valence-electron chi connectivity index (χ3n) is 5.49. The summed E-state index contributed by atoms with van der Waals surface area (Å²) in [4.78, 5) is 7.29. The Hall–Kier alpha value is -3.10. The minimum Gasteiger partial charge on any atom is -0.497 e. The molecule has 5 rings (SSSR count). The molecule has 2 aromatic heterocycles. The highest BCUT2D eigenvalue weighted by Gasteiger charge is 2.24. The van der Waals surface area contributed by atoms with Gasteiger partial charge < -0.3 is 15.0 Å². The van der Waals surface area contributed by atoms with Crippen LogP contribution in [0, 0.1) is 0 Å². The van der Waals surface area contributed by atoms with Crippen molar-refractivity contribution < 1.29 is 13.2 Å². The normalized spacial score (nSPS) is 15.0. The van der Waals surface area contributed by atoms with E-state index in [4.69, 9.17) is 9.72 Å². The second-order valence-corrected chi connectivity index (χ2v) is 9.06. The molecule has 8 heteroatoms. The van der Waals surface area contributed by atoms with Crippen molar-refractivity contribution in [3.63, 3.8) is 0 Å². The number of pyridine rings is 1. The van der Waals surface area contributed by atoms with E-state index in [1.807, 2.05) is 30.3 Å². The quantitative estimate of drug-likeness (QED) is 0.545. The average molecular weight is 423 g/mol. The van der Waals surface area contributed by atoms with E-state index < -0.39 is 10.0 Å². The molecule has 3 heterocycles. The third kappa shape index (κ3) is 3.00. The highest BCUT2D eigenvalue weighted by Crippen LogP contribution is 2.34. The summed E-state index contributed by atoms with van der Waals surface area (Å²) in [7, 11) is -2.29. The lowest BCUT2D eigenvalue weighted by atomic mass is 10.1. The van der Waals surface area contributed by atoms with E-state index in [-0.39, 0.29) is 4.90 Å². The van der Waals surface area contributed by atoms with Crippen LogP contribution < -0.4 is 15.0 Å². The predicted octanol–water partition coefficient (Wildman–Crippen LogP) is 2.84. The zero-order valence-corrected chi connectivity index (χ0v) is 17.4. The van der Waals surface area contributed by atoms with Crippen LogP contribution in [0.5, 0.6) is 5.75 Å². The van der Waals surface area contributed by atoms with Gasteiger partial charge >= 0.3 is 0 Å². The molecule has 2 aromatic carbocycles. The number of anilines is 1. The molecule has 1 saturated heterocycles. The smallest absolute Gasteiger partial charge is 0.268 e. The first kappa shape index (κ1) is 18.9. The van der Waals surface area contributed by atoms with Crippen molar-refractivity contribution in [1.29, 1.82) is 0 Å². The first-order chi connectivity index (χ1) is 14.6. The average Bonchev–Trinajstić information content (AvgIpc) is 3.25. The van der Waals surface area contributed by atoms with Gasteiger partial charge in [-0.3, -0.25) is 0 Å². The van der Waals surface area contributed by atoms with Gasteiger partial charge in [-0.15, -0.1) is 0 Å². The van der Waals surface area contributed by atoms with Crippen LogP contribution in [0.2, 0.25) is 0 Å². The fourth-order valence-corrected chi connectivity index (χ4v) is 5.40. The number of nitrogens with one attached hydrogen (secondary N) is 1. The summed E-state index contributed by atoms with van der Waals surface area (Å²) in [6.45, 7) is 3.40. The maximum Gasteiger partial charge on any atom is 0.268 e. The number of benzene rings is 2. The number of rotatable bonds is 4. The number of fused-ring (bicyclic) bond motifs is 3. The molecule has 7 nitrogen and oxygen atoms in total. The molecule has 1 N–H and O–H groups in total. The van der Waals surface area contributed by atoms with E-state index in [2.05, 4.69) is 10.2 Å². The highest BCUT2D eigenvalue weighted by atomic mass is 32.2. The Labute approximate surface area is 174 Å². The highest BCUT2D eigenvalue weighted by molar-refractivity contribution is 7.90. The first-order valence-corrected chi connectivity index (χ1v) is 11.3. The van der Waals surface area contributed by atoms with Crippen molar-refractivity contribution in [3.8, 4) is 5.75 Å². The molecular weight excluding hydrogens is 400 g/mol. The Morgan fingerprint density at radius 1 is 1.00 bits per heavy atom. The standard InChI is InChI=1S/C22H22N4O3S/c1-29-16-5-4-6-17(15-16)30(27,28)26-12-9-19-21(26)18-7-2-3-8-20(18)24-22(19)25-13-10-23-11-14-25/h2-9,12,15,23H,10-11,13-14H2,1H3. The molecule has 0 aliphatic carbocycles. The number of hydrogen-bond acceptors (Lipinski definition) is 6. The summed E-state index contributed by atoms with van der Waals surface area (Å²) in [6.07, 6.45) is 1.62. The number of methoxy groups -OCH3 is 1. The summed E-state index contributed by atoms with van der Waals surface area (Å²) in [5.74, 6) is 1.32. The fourth-order valence-electron chi connectivity index (χ4n) is 4.00. The molecule has 1 aliphatic rings. The van der Waals surface area contributed by atoms with Crippen molar-refractivity contribution in [3.05, 3.63) is 60.8 Å². The third-order valence-corrected chi connectivity index (χ3v) is 7.16. The van der Waals surface area contributed by atoms with Crippen molar-refractivity contribution in [2.75, 3.05) is 38.2 Å². The molecule has 154 valence electrons. The Kier molecular flexibility index (Phi) is 4.60. The first-order valence-electron chi connectivity index (χ1n) is 9.85. The maximum absolute atomic E-state index is 13.6. The molecule has 0 radical (unpaired) electrons. The van der Waals surface area contributed by atoms with Crippen LogP contribution in [0.1, 0.15) is 0 Å². The molecule has 0 atom stereocenters. The maximum atomic E-state index is 13.6. The molecular formula is C22H22N4O3S. The van der Waals surface area contributed by atoms with E-state index >= 15 is 0 Å². The number of piperazine rings is 1. The topological polar surface area (TPSA) is 76.5 Å². The SMILES string of the molecule is COc1cccc(S(=O)(=O)n2ccc3c(N4CCNCC4)nc4ccccc4c32)c1. The van der Waals surface area contributed by atoms with Gasteiger partial charge in [0, 0.05) is 49.2 Å². The largest absolute Gasteiger partial charge is 0.497 e. The fraction of sp³-hybridized carbons (Fsp3) is 0.227. The van der Waals surface area contributed by atoms with Gasteiger partial charge in [-0.05, 0) is 24.3 Å². The van der Waals surface area contributed by atoms with Crippen molar-refractivity contribution in [1.82, 2.24) is 14.3 Å². The summed E-state index contributed by atoms with van der Waals surface area (Å²) >= 11 is 0. The molecule has 0 unspecified atom stereocenters. The van der Waals surface area contributed by atoms with Crippen molar-refractivity contribution in [2.24, 2.45) is 0 Å². The summed E-state index contributed by atoms with van der Waals surface area (Å²) in [6, 6.07) is 16.1. The van der Waals surface area contributed by atoms with E-state index in [9.17, 15) is 8.42 Å². The molecule has 0 amide bonds.